The summed E-state index contributed by atoms with van der Waals surface area (Å²) < 4.78 is 18.8. The molecule has 3 N–H and O–H groups in total. The van der Waals surface area contributed by atoms with Crippen molar-refractivity contribution in [3.8, 4) is 0 Å². The zero-order valence-electron chi connectivity index (χ0n) is 17.6. The number of rotatable bonds is 6. The van der Waals surface area contributed by atoms with E-state index >= 15 is 0 Å². The first-order valence-electron chi connectivity index (χ1n) is 10.8. The summed E-state index contributed by atoms with van der Waals surface area (Å²) in [5, 5.41) is 14.8. The van der Waals surface area contributed by atoms with Gasteiger partial charge in [0.2, 0.25) is 0 Å². The van der Waals surface area contributed by atoms with Gasteiger partial charge < -0.3 is 20.8 Å². The molecule has 0 amide bonds. The van der Waals surface area contributed by atoms with Crippen LogP contribution in [0.4, 0.5) is 15.8 Å². The summed E-state index contributed by atoms with van der Waals surface area (Å²) in [4.78, 5) is 2.61. The third-order valence-corrected chi connectivity index (χ3v) is 6.26. The second-order valence-electron chi connectivity index (χ2n) is 8.34. The molecule has 5 nitrogen and oxygen atoms in total. The normalized spacial score (nSPS) is 20.8. The lowest BCUT2D eigenvalue weighted by Crippen LogP contribution is -2.48. The molecule has 1 atom stereocenters. The van der Waals surface area contributed by atoms with Crippen LogP contribution < -0.4 is 10.6 Å². The van der Waals surface area contributed by atoms with E-state index in [2.05, 4.69) is 34.6 Å². The molecule has 30 heavy (non-hydrogen) atoms. The predicted molar refractivity (Wildman–Crippen MR) is 119 cm³/mol. The van der Waals surface area contributed by atoms with Crippen molar-refractivity contribution in [2.75, 3.05) is 44.7 Å². The third kappa shape index (κ3) is 4.89. The highest BCUT2D eigenvalue weighted by Gasteiger charge is 2.28. The maximum atomic E-state index is 13.2. The van der Waals surface area contributed by atoms with Gasteiger partial charge in [-0.3, -0.25) is 4.90 Å². The minimum atomic E-state index is -0.256. The van der Waals surface area contributed by atoms with Gasteiger partial charge in [-0.05, 0) is 73.2 Å². The zero-order chi connectivity index (χ0) is 20.9. The molecule has 1 unspecified atom stereocenters. The fourth-order valence-corrected chi connectivity index (χ4v) is 4.55. The van der Waals surface area contributed by atoms with E-state index in [1.165, 1.54) is 29.5 Å². The molecule has 0 radical (unpaired) electrons. The number of nitrogens with one attached hydrogen (secondary N) is 3. The highest BCUT2D eigenvalue weighted by atomic mass is 19.1. The van der Waals surface area contributed by atoms with Gasteiger partial charge >= 0.3 is 0 Å². The van der Waals surface area contributed by atoms with Gasteiger partial charge in [0.1, 0.15) is 5.82 Å². The summed E-state index contributed by atoms with van der Waals surface area (Å²) in [7, 11) is 0. The van der Waals surface area contributed by atoms with Gasteiger partial charge in [-0.25, -0.2) is 4.39 Å². The number of anilines is 2. The molecule has 6 heteroatoms. The molecule has 160 valence electrons. The van der Waals surface area contributed by atoms with Gasteiger partial charge in [-0.2, -0.15) is 0 Å². The van der Waals surface area contributed by atoms with Crippen LogP contribution in [-0.2, 0) is 4.74 Å². The Balaban J connectivity index is 1.57. The van der Waals surface area contributed by atoms with Crippen molar-refractivity contribution in [2.45, 2.75) is 25.8 Å². The quantitative estimate of drug-likeness (QED) is 0.623. The van der Waals surface area contributed by atoms with Crippen LogP contribution >= 0.6 is 0 Å². The SMILES string of the molecule is Cc1cc(Nc2ccc(F)cc2)c(C=N)cc1C1CNCCN1CC1CCOCC1. The average Bonchev–Trinajstić information content (AvgIpc) is 2.77. The first-order valence-corrected chi connectivity index (χ1v) is 10.8. The third-order valence-electron chi connectivity index (χ3n) is 6.26. The zero-order valence-corrected chi connectivity index (χ0v) is 17.6. The van der Waals surface area contributed by atoms with Gasteiger partial charge in [0, 0.05) is 68.6 Å². The minimum absolute atomic E-state index is 0.256. The molecule has 2 fully saturated rings. The number of benzene rings is 2. The largest absolute Gasteiger partial charge is 0.381 e. The van der Waals surface area contributed by atoms with Crippen molar-refractivity contribution >= 4 is 17.6 Å². The van der Waals surface area contributed by atoms with Gasteiger partial charge in [0.05, 0.1) is 0 Å². The second-order valence-corrected chi connectivity index (χ2v) is 8.34. The van der Waals surface area contributed by atoms with Crippen molar-refractivity contribution in [3.05, 3.63) is 58.9 Å². The summed E-state index contributed by atoms with van der Waals surface area (Å²) in [6.45, 7) is 7.97. The fraction of sp³-hybridized carbons (Fsp3) is 0.458. The van der Waals surface area contributed by atoms with E-state index in [0.29, 0.717) is 12.0 Å². The van der Waals surface area contributed by atoms with Crippen LogP contribution in [0.15, 0.2) is 36.4 Å². The van der Waals surface area contributed by atoms with Crippen LogP contribution in [0.5, 0.6) is 0 Å². The summed E-state index contributed by atoms with van der Waals surface area (Å²) >= 11 is 0. The number of aryl methyl sites for hydroxylation is 1. The van der Waals surface area contributed by atoms with Crippen LogP contribution in [0.1, 0.15) is 35.6 Å². The molecule has 0 spiro atoms. The van der Waals surface area contributed by atoms with Gasteiger partial charge in [-0.1, -0.05) is 0 Å². The van der Waals surface area contributed by atoms with Crippen LogP contribution in [0.25, 0.3) is 0 Å². The fourth-order valence-electron chi connectivity index (χ4n) is 4.55. The topological polar surface area (TPSA) is 60.4 Å². The number of hydrogen-bond donors (Lipinski definition) is 3. The highest BCUT2D eigenvalue weighted by molar-refractivity contribution is 5.88. The maximum Gasteiger partial charge on any atom is 0.123 e. The van der Waals surface area contributed by atoms with Gasteiger partial charge in [-0.15, -0.1) is 0 Å². The number of hydrogen-bond acceptors (Lipinski definition) is 5. The predicted octanol–water partition coefficient (Wildman–Crippen LogP) is 4.25. The Kier molecular flexibility index (Phi) is 6.77. The molecule has 0 aliphatic carbocycles. The van der Waals surface area contributed by atoms with Gasteiger partial charge in [0.25, 0.3) is 0 Å². The molecule has 2 aromatic rings. The summed E-state index contributed by atoms with van der Waals surface area (Å²) in [6.07, 6.45) is 3.68. The molecule has 0 saturated carbocycles. The Morgan fingerprint density at radius 2 is 2.00 bits per heavy atom. The molecule has 2 saturated heterocycles. The van der Waals surface area contributed by atoms with Crippen LogP contribution in [0, 0.1) is 24.1 Å². The molecular weight excluding hydrogens is 379 g/mol. The summed E-state index contributed by atoms with van der Waals surface area (Å²) in [6, 6.07) is 10.9. The molecule has 2 aliphatic rings. The Labute approximate surface area is 178 Å². The standard InChI is InChI=1S/C24H31FN4O/c1-17-12-23(28-21-4-2-20(25)3-5-21)19(14-26)13-22(17)24-15-27-8-9-29(24)16-18-6-10-30-11-7-18/h2-5,12-14,18,24,26-28H,6-11,15-16H2,1H3. The summed E-state index contributed by atoms with van der Waals surface area (Å²) in [5.74, 6) is 0.440. The number of ether oxygens (including phenoxy) is 1. The van der Waals surface area contributed by atoms with Crippen molar-refractivity contribution in [1.82, 2.24) is 10.2 Å². The molecule has 2 aromatic carbocycles. The number of nitrogens with zero attached hydrogens (tertiary/aromatic N) is 1. The van der Waals surface area contributed by atoms with Gasteiger partial charge in [0.15, 0.2) is 0 Å². The lowest BCUT2D eigenvalue weighted by atomic mass is 9.92. The van der Waals surface area contributed by atoms with E-state index in [1.807, 2.05) is 0 Å². The molecular formula is C24H31FN4O. The number of piperazine rings is 1. The van der Waals surface area contributed by atoms with Crippen LogP contribution in [0.3, 0.4) is 0 Å². The Bertz CT molecular complexity index is 864. The molecule has 0 bridgehead atoms. The summed E-state index contributed by atoms with van der Waals surface area (Å²) in [5.41, 5.74) is 5.01. The molecule has 0 aromatic heterocycles. The lowest BCUT2D eigenvalue weighted by Gasteiger charge is -2.40. The van der Waals surface area contributed by atoms with Crippen molar-refractivity contribution in [1.29, 1.82) is 5.41 Å². The average molecular weight is 411 g/mol. The van der Waals surface area contributed by atoms with Crippen molar-refractivity contribution < 1.29 is 9.13 Å². The number of halogens is 1. The molecule has 4 rings (SSSR count). The highest BCUT2D eigenvalue weighted by Crippen LogP contribution is 2.32. The van der Waals surface area contributed by atoms with E-state index < -0.39 is 0 Å². The maximum absolute atomic E-state index is 13.2. The van der Waals surface area contributed by atoms with E-state index in [4.69, 9.17) is 10.1 Å². The van der Waals surface area contributed by atoms with Crippen molar-refractivity contribution in [3.63, 3.8) is 0 Å². The minimum Gasteiger partial charge on any atom is -0.381 e. The molecule has 2 aliphatic heterocycles. The van der Waals surface area contributed by atoms with E-state index in [-0.39, 0.29) is 5.82 Å². The van der Waals surface area contributed by atoms with E-state index in [1.54, 1.807) is 12.1 Å². The van der Waals surface area contributed by atoms with E-state index in [9.17, 15) is 4.39 Å². The second kappa shape index (κ2) is 9.69. The molecule has 2 heterocycles. The van der Waals surface area contributed by atoms with Crippen LogP contribution in [-0.4, -0.2) is 50.5 Å². The van der Waals surface area contributed by atoms with E-state index in [0.717, 1.165) is 69.2 Å². The Hall–Kier alpha value is -2.28. The first-order chi connectivity index (χ1) is 14.6. The first kappa shape index (κ1) is 21.0. The smallest absolute Gasteiger partial charge is 0.123 e. The van der Waals surface area contributed by atoms with Crippen molar-refractivity contribution in [2.24, 2.45) is 5.92 Å². The Morgan fingerprint density at radius 1 is 1.23 bits per heavy atom. The monoisotopic (exact) mass is 410 g/mol. The van der Waals surface area contributed by atoms with Crippen LogP contribution in [0.2, 0.25) is 0 Å². The lowest BCUT2D eigenvalue weighted by molar-refractivity contribution is 0.0407. The Morgan fingerprint density at radius 3 is 2.73 bits per heavy atom.